The summed E-state index contributed by atoms with van der Waals surface area (Å²) in [6.07, 6.45) is 6.71. The van der Waals surface area contributed by atoms with Crippen molar-refractivity contribution in [2.75, 3.05) is 13.2 Å². The van der Waals surface area contributed by atoms with Gasteiger partial charge in [0, 0.05) is 35.6 Å². The number of hydrogen-bond acceptors (Lipinski definition) is 7. The van der Waals surface area contributed by atoms with Gasteiger partial charge in [-0.2, -0.15) is 0 Å². The quantitative estimate of drug-likeness (QED) is 0.610. The molecule has 0 amide bonds. The highest BCUT2D eigenvalue weighted by Gasteiger charge is 2.81. The van der Waals surface area contributed by atoms with Gasteiger partial charge in [0.05, 0.1) is 6.10 Å². The van der Waals surface area contributed by atoms with E-state index in [2.05, 4.69) is 40.1 Å². The number of aliphatic hydroxyl groups excluding tert-OH is 1. The molecule has 3 saturated carbocycles. The van der Waals surface area contributed by atoms with Crippen molar-refractivity contribution in [3.8, 4) is 0 Å². The summed E-state index contributed by atoms with van der Waals surface area (Å²) >= 11 is 0. The number of esters is 1. The third kappa shape index (κ3) is 2.51. The van der Waals surface area contributed by atoms with Crippen molar-refractivity contribution in [1.82, 2.24) is 5.48 Å². The first-order valence-corrected chi connectivity index (χ1v) is 12.5. The molecule has 1 aliphatic heterocycles. The summed E-state index contributed by atoms with van der Waals surface area (Å²) in [5.74, 6) is -0.539. The Morgan fingerprint density at radius 3 is 2.62 bits per heavy atom. The lowest BCUT2D eigenvalue weighted by Gasteiger charge is -2.70. The lowest BCUT2D eigenvalue weighted by atomic mass is 9.35. The van der Waals surface area contributed by atoms with E-state index in [-0.39, 0.29) is 41.3 Å². The number of rotatable bonds is 3. The molecule has 0 aromatic rings. The summed E-state index contributed by atoms with van der Waals surface area (Å²) in [5, 5.41) is 12.0. The molecule has 1 heterocycles. The number of nitrogens with one attached hydrogen (secondary N) is 1. The average molecular weight is 472 g/mol. The molecule has 0 spiro atoms. The number of fused-ring (bicyclic) bond motifs is 7. The maximum absolute atomic E-state index is 13.7. The largest absolute Gasteiger partial charge is 0.458 e. The smallest absolute Gasteiger partial charge is 0.303 e. The number of hydrogen-bond donors (Lipinski definition) is 2. The zero-order valence-electron chi connectivity index (χ0n) is 21.1. The number of hydroxylamine groups is 1. The number of carbonyl (C=O) groups is 3. The summed E-state index contributed by atoms with van der Waals surface area (Å²) in [5.41, 5.74) is 0.957. The van der Waals surface area contributed by atoms with Crippen molar-refractivity contribution in [1.29, 1.82) is 0 Å². The molecular formula is C27H37NO6. The van der Waals surface area contributed by atoms with Gasteiger partial charge in [-0.3, -0.25) is 19.2 Å². The number of Topliss-reactive ketones (excluding diaryl/α,β-unsaturated/α-hetero) is 1. The van der Waals surface area contributed by atoms with Gasteiger partial charge in [0.25, 0.3) is 0 Å². The van der Waals surface area contributed by atoms with E-state index in [9.17, 15) is 19.5 Å². The van der Waals surface area contributed by atoms with Gasteiger partial charge < -0.3 is 9.84 Å². The Bertz CT molecular complexity index is 1030. The highest BCUT2D eigenvalue weighted by Crippen LogP contribution is 2.78. The van der Waals surface area contributed by atoms with Crippen molar-refractivity contribution < 1.29 is 29.1 Å². The van der Waals surface area contributed by atoms with Crippen LogP contribution in [-0.2, 0) is 24.0 Å². The molecule has 186 valence electrons. The van der Waals surface area contributed by atoms with Crippen LogP contribution >= 0.6 is 0 Å². The van der Waals surface area contributed by atoms with Crippen molar-refractivity contribution in [2.24, 2.45) is 39.4 Å². The molecule has 5 rings (SSSR count). The zero-order chi connectivity index (χ0) is 24.9. The van der Waals surface area contributed by atoms with Gasteiger partial charge in [-0.05, 0) is 48.7 Å². The number of allylic oxidation sites excluding steroid dienone is 4. The Balaban J connectivity index is 1.65. The van der Waals surface area contributed by atoms with Gasteiger partial charge in [-0.1, -0.05) is 46.3 Å². The lowest BCUT2D eigenvalue weighted by Crippen LogP contribution is -2.70. The molecule has 0 unspecified atom stereocenters. The van der Waals surface area contributed by atoms with E-state index in [1.54, 1.807) is 12.2 Å². The molecule has 2 N–H and O–H groups in total. The SMILES string of the molecule is CC(=O)OCC(=O)[C@@]12ONC[C@@H]1C[C@@]1(C)[C@@H]3C[C@H](C)C4=CC(=O)C=C[C@]4(C)[C@@]3(C)[C@@H](O)C[C@@]12C. The van der Waals surface area contributed by atoms with E-state index >= 15 is 0 Å². The molecule has 0 bridgehead atoms. The first-order chi connectivity index (χ1) is 15.8. The molecule has 0 radical (unpaired) electrons. The van der Waals surface area contributed by atoms with Crippen molar-refractivity contribution in [3.63, 3.8) is 0 Å². The Kier molecular flexibility index (Phi) is 5.00. The third-order valence-corrected chi connectivity index (χ3v) is 11.2. The fourth-order valence-electron chi connectivity index (χ4n) is 9.23. The van der Waals surface area contributed by atoms with E-state index < -0.39 is 33.9 Å². The molecule has 1 saturated heterocycles. The zero-order valence-corrected chi connectivity index (χ0v) is 21.1. The molecule has 0 aromatic heterocycles. The summed E-state index contributed by atoms with van der Waals surface area (Å²) < 4.78 is 5.14. The fourth-order valence-corrected chi connectivity index (χ4v) is 9.23. The van der Waals surface area contributed by atoms with Gasteiger partial charge >= 0.3 is 5.97 Å². The normalized spacial score (nSPS) is 51.1. The predicted molar refractivity (Wildman–Crippen MR) is 124 cm³/mol. The molecule has 5 aliphatic rings. The number of aliphatic hydroxyl groups is 1. The summed E-state index contributed by atoms with van der Waals surface area (Å²) in [4.78, 5) is 43.6. The van der Waals surface area contributed by atoms with E-state index in [1.165, 1.54) is 6.92 Å². The minimum atomic E-state index is -1.17. The van der Waals surface area contributed by atoms with E-state index in [1.807, 2.05) is 6.08 Å². The van der Waals surface area contributed by atoms with Crippen molar-refractivity contribution in [2.45, 2.75) is 72.5 Å². The maximum atomic E-state index is 13.7. The van der Waals surface area contributed by atoms with Gasteiger partial charge in [0.2, 0.25) is 5.78 Å². The van der Waals surface area contributed by atoms with Gasteiger partial charge in [0.1, 0.15) is 0 Å². The fraction of sp³-hybridized carbons (Fsp3) is 0.741. The van der Waals surface area contributed by atoms with E-state index in [0.717, 1.165) is 18.4 Å². The number of carbonyl (C=O) groups excluding carboxylic acids is 3. The van der Waals surface area contributed by atoms with Crippen LogP contribution in [0.15, 0.2) is 23.8 Å². The van der Waals surface area contributed by atoms with Crippen LogP contribution in [0.5, 0.6) is 0 Å². The number of ketones is 2. The summed E-state index contributed by atoms with van der Waals surface area (Å²) in [6, 6.07) is 0. The molecule has 4 fully saturated rings. The molecule has 7 heteroatoms. The van der Waals surface area contributed by atoms with Crippen LogP contribution in [0.25, 0.3) is 0 Å². The van der Waals surface area contributed by atoms with Gasteiger partial charge in [-0.25, -0.2) is 5.48 Å². The Morgan fingerprint density at radius 1 is 1.24 bits per heavy atom. The van der Waals surface area contributed by atoms with Crippen LogP contribution in [-0.4, -0.2) is 47.5 Å². The summed E-state index contributed by atoms with van der Waals surface area (Å²) in [7, 11) is 0. The first kappa shape index (κ1) is 23.9. The van der Waals surface area contributed by atoms with Crippen molar-refractivity contribution in [3.05, 3.63) is 23.8 Å². The second-order valence-electron chi connectivity index (χ2n) is 12.3. The van der Waals surface area contributed by atoms with Crippen LogP contribution in [0.4, 0.5) is 0 Å². The van der Waals surface area contributed by atoms with Crippen LogP contribution in [0.2, 0.25) is 0 Å². The Hall–Kier alpha value is -1.83. The molecule has 9 atom stereocenters. The summed E-state index contributed by atoms with van der Waals surface area (Å²) in [6.45, 7) is 12.4. The van der Waals surface area contributed by atoms with Crippen LogP contribution in [0.3, 0.4) is 0 Å². The van der Waals surface area contributed by atoms with Crippen LogP contribution in [0, 0.1) is 39.4 Å². The Labute approximate surface area is 201 Å². The van der Waals surface area contributed by atoms with Crippen LogP contribution in [0.1, 0.15) is 60.8 Å². The lowest BCUT2D eigenvalue weighted by molar-refractivity contribution is -0.251. The third-order valence-electron chi connectivity index (χ3n) is 11.2. The maximum Gasteiger partial charge on any atom is 0.303 e. The highest BCUT2D eigenvalue weighted by molar-refractivity contribution is 6.01. The van der Waals surface area contributed by atoms with Gasteiger partial charge in [0.15, 0.2) is 18.0 Å². The number of ether oxygens (including phenoxy) is 1. The molecule has 4 aliphatic carbocycles. The topological polar surface area (TPSA) is 102 Å². The van der Waals surface area contributed by atoms with Crippen molar-refractivity contribution >= 4 is 17.5 Å². The first-order valence-electron chi connectivity index (χ1n) is 12.5. The second kappa shape index (κ2) is 7.11. The Morgan fingerprint density at radius 2 is 1.94 bits per heavy atom. The second-order valence-corrected chi connectivity index (χ2v) is 12.3. The monoisotopic (exact) mass is 471 g/mol. The van der Waals surface area contributed by atoms with E-state index in [0.29, 0.717) is 13.0 Å². The minimum absolute atomic E-state index is 0.00705. The highest BCUT2D eigenvalue weighted by atomic mass is 16.7. The van der Waals surface area contributed by atoms with Crippen LogP contribution < -0.4 is 5.48 Å². The average Bonchev–Trinajstić information content (AvgIpc) is 3.26. The molecule has 0 aromatic carbocycles. The molecular weight excluding hydrogens is 434 g/mol. The standard InChI is InChI=1S/C27H37NO6/c1-15-9-20-24(4)11-17-13-28-34-27(17,22(32)14-33-16(2)29)25(24,5)12-21(31)26(20,6)23(3)8-7-18(30)10-19(15)23/h7-8,10,15,17,20-21,28,31H,9,11-14H2,1-6H3/t15-,17-,20-,21-,23-,24-,25-,26+,27-/m0/s1. The molecule has 7 nitrogen and oxygen atoms in total. The molecule has 34 heavy (non-hydrogen) atoms. The van der Waals surface area contributed by atoms with E-state index in [4.69, 9.17) is 9.57 Å². The predicted octanol–water partition coefficient (Wildman–Crippen LogP) is 2.92. The van der Waals surface area contributed by atoms with Gasteiger partial charge in [-0.15, -0.1) is 0 Å². The minimum Gasteiger partial charge on any atom is -0.458 e.